The molecule has 0 saturated heterocycles. The van der Waals surface area contributed by atoms with Gasteiger partial charge >= 0.3 is 6.09 Å². The third-order valence-corrected chi connectivity index (χ3v) is 16.3. The van der Waals surface area contributed by atoms with Gasteiger partial charge in [0.05, 0.1) is 18.4 Å². The summed E-state index contributed by atoms with van der Waals surface area (Å²) in [6, 6.07) is 10.1. The van der Waals surface area contributed by atoms with Gasteiger partial charge < -0.3 is 31.0 Å². The number of pyridine rings is 1. The number of hydrogen-bond donors (Lipinski definition) is 4. The second-order valence-corrected chi connectivity index (χ2v) is 21.2. The first-order valence-electron chi connectivity index (χ1n) is 20.1. The van der Waals surface area contributed by atoms with Crippen LogP contribution >= 0.6 is 0 Å². The highest BCUT2D eigenvalue weighted by molar-refractivity contribution is 7.90. The fourth-order valence-electron chi connectivity index (χ4n) is 8.53. The number of aromatic nitrogens is 1. The first kappa shape index (κ1) is 53.1. The van der Waals surface area contributed by atoms with Gasteiger partial charge in [-0.2, -0.15) is 0 Å². The minimum atomic E-state index is -4.04. The van der Waals surface area contributed by atoms with E-state index in [2.05, 4.69) is 25.6 Å². The van der Waals surface area contributed by atoms with E-state index in [0.717, 1.165) is 26.9 Å². The van der Waals surface area contributed by atoms with Crippen LogP contribution in [0.2, 0.25) is 0 Å². The molecule has 2 aliphatic heterocycles. The van der Waals surface area contributed by atoms with Crippen molar-refractivity contribution < 1.29 is 53.8 Å². The minimum absolute atomic E-state index is 0. The Balaban J connectivity index is 0.000000281. The number of aliphatic imine (C=N–C) groups is 2. The zero-order chi connectivity index (χ0) is 47.2. The summed E-state index contributed by atoms with van der Waals surface area (Å²) in [5.74, 6) is -3.00. The van der Waals surface area contributed by atoms with Gasteiger partial charge in [-0.15, -0.1) is 0 Å². The van der Waals surface area contributed by atoms with Crippen LogP contribution in [0, 0.1) is 17.5 Å². The molecule has 2 aromatic carbocycles. The van der Waals surface area contributed by atoms with Crippen LogP contribution in [-0.2, 0) is 45.3 Å². The standard InChI is InChI=1S/C21H23F2N5O4S.C20H29FN4O5S.2CH4/c1-28-20(24)27-21(8-7-14(32-2)10-18(21)33(28,30)31)15-9-13(4-5-16(15)23)26-19(29)17-6-3-12(22)11-25-17;1-19(2,3)30-18(26)23-17-24-20(14-10-12(22)6-7-15(14)21)9-8-13(29-5)11-16(20)31(27,28)25(17)4;;/h3-6,9,11,14,18H,7-8,10H2,1-2H3,(H2,24,27)(H,26,29);6-7,10,13,16H,8-9,11,22H2,1-5H3,(H,23,24,26);2*1H4. The number of sulfonamides is 2. The molecule has 6 unspecified atom stereocenters. The van der Waals surface area contributed by atoms with Crippen molar-refractivity contribution in [2.45, 2.75) is 114 Å². The topological polar surface area (TPSA) is 250 Å². The number of ether oxygens (including phenoxy) is 3. The highest BCUT2D eigenvalue weighted by atomic mass is 32.2. The predicted octanol–water partition coefficient (Wildman–Crippen LogP) is 5.56. The number of amides is 2. The van der Waals surface area contributed by atoms with Gasteiger partial charge in [-0.05, 0) is 108 Å². The maximum atomic E-state index is 15.2. The first-order chi connectivity index (χ1) is 29.9. The highest BCUT2D eigenvalue weighted by Gasteiger charge is 2.59. The van der Waals surface area contributed by atoms with Crippen molar-refractivity contribution in [1.29, 1.82) is 0 Å². The fourth-order valence-corrected chi connectivity index (χ4v) is 12.4. The molecule has 66 heavy (non-hydrogen) atoms. The number of anilines is 2. The van der Waals surface area contributed by atoms with E-state index in [9.17, 15) is 35.2 Å². The Hall–Kier alpha value is -5.52. The van der Waals surface area contributed by atoms with Crippen LogP contribution in [0.1, 0.15) is 95.8 Å². The van der Waals surface area contributed by atoms with Gasteiger partial charge in [-0.3, -0.25) is 10.1 Å². The second kappa shape index (κ2) is 19.8. The molecule has 6 N–H and O–H groups in total. The third kappa shape index (κ3) is 10.2. The lowest BCUT2D eigenvalue weighted by Gasteiger charge is -2.48. The quantitative estimate of drug-likeness (QED) is 0.222. The molecule has 3 heterocycles. The summed E-state index contributed by atoms with van der Waals surface area (Å²) in [7, 11) is -2.40. The lowest BCUT2D eigenvalue weighted by atomic mass is 9.75. The predicted molar refractivity (Wildman–Crippen MR) is 245 cm³/mol. The van der Waals surface area contributed by atoms with Crippen LogP contribution in [0.3, 0.4) is 0 Å². The van der Waals surface area contributed by atoms with Gasteiger partial charge in [-0.1, -0.05) is 14.9 Å². The van der Waals surface area contributed by atoms with E-state index in [1.54, 1.807) is 20.8 Å². The van der Waals surface area contributed by atoms with Crippen LogP contribution < -0.4 is 22.1 Å². The summed E-state index contributed by atoms with van der Waals surface area (Å²) in [6.45, 7) is 5.05. The second-order valence-electron chi connectivity index (χ2n) is 16.9. The van der Waals surface area contributed by atoms with Crippen LogP contribution in [0.4, 0.5) is 29.3 Å². The van der Waals surface area contributed by atoms with Crippen molar-refractivity contribution in [2.75, 3.05) is 39.4 Å². The van der Waals surface area contributed by atoms with Crippen molar-refractivity contribution in [3.63, 3.8) is 0 Å². The number of methoxy groups -OCH3 is 2. The third-order valence-electron chi connectivity index (χ3n) is 11.8. The van der Waals surface area contributed by atoms with Crippen molar-refractivity contribution >= 4 is 55.3 Å². The van der Waals surface area contributed by atoms with E-state index in [0.29, 0.717) is 12.8 Å². The number of carbonyl (C=O) groups excluding carboxylic acids is 2. The van der Waals surface area contributed by atoms with E-state index in [-0.39, 0.29) is 92.9 Å². The summed E-state index contributed by atoms with van der Waals surface area (Å²) in [5, 5.41) is 2.80. The van der Waals surface area contributed by atoms with Gasteiger partial charge in [0.15, 0.2) is 0 Å². The minimum Gasteiger partial charge on any atom is -0.444 e. The molecule has 6 atom stereocenters. The van der Waals surface area contributed by atoms with E-state index >= 15 is 4.39 Å². The number of fused-ring (bicyclic) bond motifs is 2. The molecule has 364 valence electrons. The van der Waals surface area contributed by atoms with Crippen LogP contribution in [0.5, 0.6) is 0 Å². The smallest absolute Gasteiger partial charge is 0.414 e. The summed E-state index contributed by atoms with van der Waals surface area (Å²) in [4.78, 5) is 37.7. The molecule has 1 aromatic heterocycles. The van der Waals surface area contributed by atoms with Crippen LogP contribution in [0.15, 0.2) is 64.7 Å². The maximum absolute atomic E-state index is 15.2. The Kier molecular flexibility index (Phi) is 15.9. The number of hydrogen-bond acceptors (Lipinski definition) is 14. The molecule has 18 nitrogen and oxygen atoms in total. The number of carbonyl (C=O) groups is 2. The number of benzene rings is 2. The molecule has 4 aliphatic rings. The lowest BCUT2D eigenvalue weighted by Crippen LogP contribution is -2.61. The average molecular weight is 968 g/mol. The summed E-state index contributed by atoms with van der Waals surface area (Å²) < 4.78 is 115. The number of guanidine groups is 2. The van der Waals surface area contributed by atoms with E-state index < -0.39 is 76.7 Å². The Morgan fingerprint density at radius 1 is 0.773 bits per heavy atom. The number of nitrogen functional groups attached to an aromatic ring is 1. The Labute approximate surface area is 384 Å². The normalized spacial score (nSPS) is 26.2. The zero-order valence-corrected chi connectivity index (χ0v) is 37.9. The van der Waals surface area contributed by atoms with Gasteiger partial charge in [0.1, 0.15) is 50.3 Å². The summed E-state index contributed by atoms with van der Waals surface area (Å²) in [6.07, 6.45) is 0.904. The molecule has 2 amide bonds. The summed E-state index contributed by atoms with van der Waals surface area (Å²) >= 11 is 0. The summed E-state index contributed by atoms with van der Waals surface area (Å²) in [5.41, 5.74) is 8.62. The van der Waals surface area contributed by atoms with Crippen molar-refractivity contribution in [1.82, 2.24) is 18.9 Å². The lowest BCUT2D eigenvalue weighted by molar-refractivity contribution is 0.0480. The molecule has 0 spiro atoms. The molecule has 2 fully saturated rings. The molecule has 7 rings (SSSR count). The van der Waals surface area contributed by atoms with E-state index in [1.807, 2.05) is 0 Å². The van der Waals surface area contributed by atoms with Crippen molar-refractivity contribution in [3.05, 3.63) is 89.0 Å². The molecule has 2 aliphatic carbocycles. The van der Waals surface area contributed by atoms with Gasteiger partial charge in [-0.25, -0.2) is 58.4 Å². The van der Waals surface area contributed by atoms with Crippen LogP contribution in [-0.4, -0.2) is 111 Å². The van der Waals surface area contributed by atoms with Gasteiger partial charge in [0.25, 0.3) is 5.91 Å². The largest absolute Gasteiger partial charge is 0.444 e. The van der Waals surface area contributed by atoms with Crippen molar-refractivity contribution in [3.8, 4) is 0 Å². The van der Waals surface area contributed by atoms with E-state index in [4.69, 9.17) is 25.7 Å². The van der Waals surface area contributed by atoms with Crippen molar-refractivity contribution in [2.24, 2.45) is 15.7 Å². The monoisotopic (exact) mass is 967 g/mol. The number of alkyl carbamates (subject to hydrolysis) is 1. The Bertz CT molecular complexity index is 2580. The number of nitrogens with zero attached hydrogens (tertiary/aromatic N) is 5. The zero-order valence-electron chi connectivity index (χ0n) is 36.3. The molecular weight excluding hydrogens is 908 g/mol. The first-order valence-corrected chi connectivity index (χ1v) is 23.1. The molecular formula is C43H60F3N9O9S2. The SMILES string of the molecule is C.C.COC1CCC2(c3cc(N)ccc3F)N=C(NC(=O)OC(C)(C)C)N(C)S(=O)(=O)C2C1.COC1CCC2(c3cc(NC(=O)c4ccc(F)cn4)ccc3F)N=C(N)N(C)S(=O)(=O)C2C1. The Morgan fingerprint density at radius 3 is 1.83 bits per heavy atom. The fraction of sp³-hybridized carbons (Fsp3) is 0.512. The average Bonchev–Trinajstić information content (AvgIpc) is 3.23. The molecule has 0 bridgehead atoms. The molecule has 2 saturated carbocycles. The van der Waals surface area contributed by atoms with E-state index in [1.165, 1.54) is 64.7 Å². The van der Waals surface area contributed by atoms with Crippen LogP contribution in [0.25, 0.3) is 0 Å². The molecule has 0 radical (unpaired) electrons. The maximum Gasteiger partial charge on any atom is 0.414 e. The highest BCUT2D eigenvalue weighted by Crippen LogP contribution is 2.50. The number of halogens is 3. The number of nitrogens with one attached hydrogen (secondary N) is 2. The molecule has 23 heteroatoms. The molecule has 3 aromatic rings. The van der Waals surface area contributed by atoms with Gasteiger partial charge in [0.2, 0.25) is 32.0 Å². The number of rotatable bonds is 6. The number of nitrogens with two attached hydrogens (primary N) is 2. The Morgan fingerprint density at radius 2 is 1.30 bits per heavy atom. The van der Waals surface area contributed by atoms with Gasteiger partial charge in [0, 0.05) is 50.8 Å².